The largest absolute Gasteiger partial charge is 0.444 e. The first-order valence-electron chi connectivity index (χ1n) is 6.08. The first-order valence-corrected chi connectivity index (χ1v) is 6.96. The second-order valence-electron chi connectivity index (χ2n) is 5.10. The van der Waals surface area contributed by atoms with Gasteiger partial charge in [-0.2, -0.15) is 4.98 Å². The number of carbonyl (C=O) groups is 1. The van der Waals surface area contributed by atoms with Crippen molar-refractivity contribution in [3.63, 3.8) is 0 Å². The molecule has 0 bridgehead atoms. The second kappa shape index (κ2) is 6.00. The Labute approximate surface area is 120 Å². The van der Waals surface area contributed by atoms with Crippen molar-refractivity contribution in [1.29, 1.82) is 0 Å². The van der Waals surface area contributed by atoms with Crippen LogP contribution in [0, 0.1) is 0 Å². The zero-order chi connectivity index (χ0) is 14.6. The van der Waals surface area contributed by atoms with Crippen LogP contribution in [0.4, 0.5) is 4.79 Å². The summed E-state index contributed by atoms with van der Waals surface area (Å²) in [6.07, 6.45) is 1.82. The number of aromatic nitrogens is 3. The lowest BCUT2D eigenvalue weighted by Gasteiger charge is -2.19. The summed E-state index contributed by atoms with van der Waals surface area (Å²) < 4.78 is 10.2. The molecule has 7 nitrogen and oxygen atoms in total. The molecule has 0 aromatic carbocycles. The van der Waals surface area contributed by atoms with Crippen LogP contribution in [0.3, 0.4) is 0 Å². The predicted molar refractivity (Wildman–Crippen MR) is 72.3 cm³/mol. The van der Waals surface area contributed by atoms with Gasteiger partial charge in [0, 0.05) is 17.5 Å². The number of hydrogen-bond acceptors (Lipinski definition) is 7. The second-order valence-corrected chi connectivity index (χ2v) is 6.08. The fourth-order valence-corrected chi connectivity index (χ4v) is 1.97. The highest BCUT2D eigenvalue weighted by Crippen LogP contribution is 2.11. The summed E-state index contributed by atoms with van der Waals surface area (Å²) in [6, 6.07) is 0. The van der Waals surface area contributed by atoms with Gasteiger partial charge in [0.05, 0.1) is 5.51 Å². The number of hydrogen-bond donors (Lipinski definition) is 1. The van der Waals surface area contributed by atoms with Gasteiger partial charge < -0.3 is 14.6 Å². The zero-order valence-corrected chi connectivity index (χ0v) is 12.4. The van der Waals surface area contributed by atoms with E-state index < -0.39 is 11.7 Å². The number of rotatable bonds is 4. The molecule has 0 atom stereocenters. The van der Waals surface area contributed by atoms with Crippen LogP contribution in [0.5, 0.6) is 0 Å². The van der Waals surface area contributed by atoms with Crippen LogP contribution in [0.2, 0.25) is 0 Å². The lowest BCUT2D eigenvalue weighted by Crippen LogP contribution is -2.32. The van der Waals surface area contributed by atoms with Crippen molar-refractivity contribution < 1.29 is 14.1 Å². The molecule has 2 rings (SSSR count). The molecule has 0 fully saturated rings. The number of amides is 1. The quantitative estimate of drug-likeness (QED) is 0.929. The van der Waals surface area contributed by atoms with Crippen LogP contribution in [0.15, 0.2) is 16.2 Å². The third kappa shape index (κ3) is 4.61. The van der Waals surface area contributed by atoms with Crippen molar-refractivity contribution >= 4 is 17.4 Å². The van der Waals surface area contributed by atoms with E-state index in [2.05, 4.69) is 20.4 Å². The summed E-state index contributed by atoms with van der Waals surface area (Å²) in [4.78, 5) is 20.7. The highest BCUT2D eigenvalue weighted by atomic mass is 32.1. The van der Waals surface area contributed by atoms with Crippen molar-refractivity contribution in [2.24, 2.45) is 0 Å². The van der Waals surface area contributed by atoms with Gasteiger partial charge in [0.25, 0.3) is 0 Å². The number of nitrogens with zero attached hydrogens (tertiary/aromatic N) is 3. The third-order valence-corrected chi connectivity index (χ3v) is 2.89. The Morgan fingerprint density at radius 1 is 1.50 bits per heavy atom. The van der Waals surface area contributed by atoms with E-state index in [1.54, 1.807) is 32.5 Å². The molecule has 0 saturated carbocycles. The van der Waals surface area contributed by atoms with Gasteiger partial charge in [-0.1, -0.05) is 5.16 Å². The number of ether oxygens (including phenoxy) is 1. The SMILES string of the molecule is CC(C)(C)OC(=O)NCc1nc(Cc2cncs2)no1. The molecule has 1 N–H and O–H groups in total. The molecule has 2 aromatic rings. The molecule has 0 aliphatic rings. The summed E-state index contributed by atoms with van der Waals surface area (Å²) in [5.74, 6) is 0.908. The van der Waals surface area contributed by atoms with E-state index in [0.717, 1.165) is 4.88 Å². The van der Waals surface area contributed by atoms with Crippen LogP contribution in [-0.2, 0) is 17.7 Å². The van der Waals surface area contributed by atoms with Crippen molar-refractivity contribution in [2.75, 3.05) is 0 Å². The van der Waals surface area contributed by atoms with Crippen LogP contribution in [0.25, 0.3) is 0 Å². The molecule has 0 aliphatic heterocycles. The molecule has 2 heterocycles. The minimum absolute atomic E-state index is 0.143. The van der Waals surface area contributed by atoms with Gasteiger partial charge in [-0.15, -0.1) is 11.3 Å². The Bertz CT molecular complexity index is 560. The fourth-order valence-electron chi connectivity index (χ4n) is 1.38. The standard InChI is InChI=1S/C12H16N4O3S/c1-12(2,3)18-11(17)14-6-10-15-9(16-19-10)4-8-5-13-7-20-8/h5,7H,4,6H2,1-3H3,(H,14,17). The van der Waals surface area contributed by atoms with E-state index in [-0.39, 0.29) is 6.54 Å². The van der Waals surface area contributed by atoms with E-state index in [1.807, 2.05) is 0 Å². The monoisotopic (exact) mass is 296 g/mol. The zero-order valence-electron chi connectivity index (χ0n) is 11.5. The summed E-state index contributed by atoms with van der Waals surface area (Å²) in [5.41, 5.74) is 1.22. The first-order chi connectivity index (χ1) is 9.42. The van der Waals surface area contributed by atoms with E-state index >= 15 is 0 Å². The lowest BCUT2D eigenvalue weighted by atomic mass is 10.2. The predicted octanol–water partition coefficient (Wildman–Crippen LogP) is 2.14. The Morgan fingerprint density at radius 3 is 2.95 bits per heavy atom. The average molecular weight is 296 g/mol. The van der Waals surface area contributed by atoms with Gasteiger partial charge in [0.1, 0.15) is 12.1 Å². The average Bonchev–Trinajstić information content (AvgIpc) is 2.96. The minimum atomic E-state index is -0.531. The molecule has 0 spiro atoms. The maximum absolute atomic E-state index is 11.5. The van der Waals surface area contributed by atoms with Crippen molar-refractivity contribution in [3.05, 3.63) is 28.3 Å². The first kappa shape index (κ1) is 14.4. The minimum Gasteiger partial charge on any atom is -0.444 e. The third-order valence-electron chi connectivity index (χ3n) is 2.11. The van der Waals surface area contributed by atoms with Gasteiger partial charge in [-0.05, 0) is 20.8 Å². The van der Waals surface area contributed by atoms with Crippen LogP contribution >= 0.6 is 11.3 Å². The maximum atomic E-state index is 11.5. The molecule has 8 heteroatoms. The molecular weight excluding hydrogens is 280 g/mol. The maximum Gasteiger partial charge on any atom is 0.408 e. The topological polar surface area (TPSA) is 90.1 Å². The number of alkyl carbamates (subject to hydrolysis) is 1. The molecule has 108 valence electrons. The highest BCUT2D eigenvalue weighted by Gasteiger charge is 2.16. The van der Waals surface area contributed by atoms with E-state index in [0.29, 0.717) is 18.1 Å². The van der Waals surface area contributed by atoms with Gasteiger partial charge in [0.15, 0.2) is 5.82 Å². The van der Waals surface area contributed by atoms with E-state index in [4.69, 9.17) is 9.26 Å². The summed E-state index contributed by atoms with van der Waals surface area (Å²) in [7, 11) is 0. The Kier molecular flexibility index (Phi) is 4.33. The molecule has 0 unspecified atom stereocenters. The molecule has 0 radical (unpaired) electrons. The number of carbonyl (C=O) groups excluding carboxylic acids is 1. The van der Waals surface area contributed by atoms with Gasteiger partial charge in [0.2, 0.25) is 5.89 Å². The molecule has 0 aliphatic carbocycles. The number of nitrogens with one attached hydrogen (secondary N) is 1. The van der Waals surface area contributed by atoms with Gasteiger partial charge in [-0.25, -0.2) is 4.79 Å². The molecule has 2 aromatic heterocycles. The van der Waals surface area contributed by atoms with Crippen molar-refractivity contribution in [1.82, 2.24) is 20.4 Å². The van der Waals surface area contributed by atoms with Crippen LogP contribution < -0.4 is 5.32 Å². The van der Waals surface area contributed by atoms with Crippen molar-refractivity contribution in [3.8, 4) is 0 Å². The van der Waals surface area contributed by atoms with Crippen LogP contribution in [-0.4, -0.2) is 26.8 Å². The van der Waals surface area contributed by atoms with Gasteiger partial charge in [-0.3, -0.25) is 4.98 Å². The summed E-state index contributed by atoms with van der Waals surface area (Å²) >= 11 is 1.53. The molecule has 1 amide bonds. The lowest BCUT2D eigenvalue weighted by molar-refractivity contribution is 0.0518. The smallest absolute Gasteiger partial charge is 0.408 e. The Balaban J connectivity index is 1.82. The molecular formula is C12H16N4O3S. The molecule has 20 heavy (non-hydrogen) atoms. The Morgan fingerprint density at radius 2 is 2.30 bits per heavy atom. The molecule has 0 saturated heterocycles. The highest BCUT2D eigenvalue weighted by molar-refractivity contribution is 7.09. The van der Waals surface area contributed by atoms with Gasteiger partial charge >= 0.3 is 6.09 Å². The van der Waals surface area contributed by atoms with Crippen LogP contribution in [0.1, 0.15) is 37.4 Å². The van der Waals surface area contributed by atoms with E-state index in [1.165, 1.54) is 11.3 Å². The number of thiazole rings is 1. The summed E-state index contributed by atoms with van der Waals surface area (Å²) in [5, 5.41) is 6.40. The van der Waals surface area contributed by atoms with E-state index in [9.17, 15) is 4.79 Å². The van der Waals surface area contributed by atoms with Crippen molar-refractivity contribution in [2.45, 2.75) is 39.3 Å². The Hall–Kier alpha value is -1.96. The summed E-state index contributed by atoms with van der Waals surface area (Å²) in [6.45, 7) is 5.54. The fraction of sp³-hybridized carbons (Fsp3) is 0.500. The normalized spacial score (nSPS) is 11.3.